The molecule has 3 aromatic rings. The highest BCUT2D eigenvalue weighted by molar-refractivity contribution is 5.64. The van der Waals surface area contributed by atoms with Gasteiger partial charge in [0.25, 0.3) is 0 Å². The van der Waals surface area contributed by atoms with Crippen LogP contribution in [0.25, 0.3) is 16.9 Å². The average molecular weight is 281 g/mol. The molecule has 0 fully saturated rings. The highest BCUT2D eigenvalue weighted by atomic mass is 19.1. The van der Waals surface area contributed by atoms with E-state index in [1.165, 1.54) is 6.07 Å². The van der Waals surface area contributed by atoms with Crippen molar-refractivity contribution in [3.63, 3.8) is 0 Å². The summed E-state index contributed by atoms with van der Waals surface area (Å²) < 4.78 is 15.5. The number of nitrogens with two attached hydrogens (primary N) is 1. The van der Waals surface area contributed by atoms with Gasteiger partial charge in [-0.25, -0.2) is 9.07 Å². The van der Waals surface area contributed by atoms with Crippen LogP contribution in [0, 0.1) is 19.7 Å². The van der Waals surface area contributed by atoms with Crippen molar-refractivity contribution < 1.29 is 4.39 Å². The Morgan fingerprint density at radius 3 is 2.33 bits per heavy atom. The van der Waals surface area contributed by atoms with Crippen LogP contribution in [0.2, 0.25) is 0 Å². The third-order valence-electron chi connectivity index (χ3n) is 3.34. The number of aryl methyl sites for hydroxylation is 2. The van der Waals surface area contributed by atoms with Gasteiger partial charge in [0.1, 0.15) is 11.6 Å². The summed E-state index contributed by atoms with van der Waals surface area (Å²) in [5.41, 5.74) is 10.2. The van der Waals surface area contributed by atoms with Crippen LogP contribution in [0.1, 0.15) is 11.1 Å². The van der Waals surface area contributed by atoms with Crippen molar-refractivity contribution in [2.24, 2.45) is 0 Å². The van der Waals surface area contributed by atoms with Crippen LogP contribution < -0.4 is 5.73 Å². The maximum atomic E-state index is 13.9. The van der Waals surface area contributed by atoms with Crippen molar-refractivity contribution in [2.75, 3.05) is 5.73 Å². The van der Waals surface area contributed by atoms with E-state index in [-0.39, 0.29) is 5.82 Å². The normalized spacial score (nSPS) is 10.8. The van der Waals surface area contributed by atoms with Crippen molar-refractivity contribution in [2.45, 2.75) is 13.8 Å². The van der Waals surface area contributed by atoms with Crippen LogP contribution in [0.3, 0.4) is 0 Å². The summed E-state index contributed by atoms with van der Waals surface area (Å²) in [5.74, 6) is 0.181. The molecule has 0 unspecified atom stereocenters. The molecule has 0 radical (unpaired) electrons. The van der Waals surface area contributed by atoms with E-state index in [4.69, 9.17) is 5.73 Å². The Morgan fingerprint density at radius 1 is 1.00 bits per heavy atom. The highest BCUT2D eigenvalue weighted by Crippen LogP contribution is 2.25. The van der Waals surface area contributed by atoms with Crippen molar-refractivity contribution in [3.8, 4) is 16.9 Å². The van der Waals surface area contributed by atoms with E-state index < -0.39 is 0 Å². The SMILES string of the molecule is Cc1cc(C)cc(-n2nc(-c3ccccc3F)cc2N)c1. The molecule has 106 valence electrons. The molecule has 0 aliphatic carbocycles. The lowest BCUT2D eigenvalue weighted by atomic mass is 10.1. The van der Waals surface area contributed by atoms with Crippen LogP contribution in [0.5, 0.6) is 0 Å². The number of hydrogen-bond acceptors (Lipinski definition) is 2. The monoisotopic (exact) mass is 281 g/mol. The van der Waals surface area contributed by atoms with Gasteiger partial charge < -0.3 is 5.73 Å². The second-order valence-electron chi connectivity index (χ2n) is 5.19. The Kier molecular flexibility index (Phi) is 3.22. The molecule has 3 nitrogen and oxygen atoms in total. The Hall–Kier alpha value is -2.62. The van der Waals surface area contributed by atoms with Crippen molar-refractivity contribution in [1.29, 1.82) is 0 Å². The van der Waals surface area contributed by atoms with Gasteiger partial charge in [-0.05, 0) is 49.2 Å². The maximum absolute atomic E-state index is 13.9. The zero-order chi connectivity index (χ0) is 15.0. The smallest absolute Gasteiger partial charge is 0.132 e. The van der Waals surface area contributed by atoms with E-state index in [1.807, 2.05) is 26.0 Å². The number of aromatic nitrogens is 2. The molecular weight excluding hydrogens is 265 g/mol. The molecule has 2 aromatic carbocycles. The Labute approximate surface area is 122 Å². The van der Waals surface area contributed by atoms with Crippen LogP contribution in [0.15, 0.2) is 48.5 Å². The first-order valence-electron chi connectivity index (χ1n) is 6.74. The average Bonchev–Trinajstić information content (AvgIpc) is 2.80. The van der Waals surface area contributed by atoms with E-state index in [0.29, 0.717) is 17.1 Å². The Balaban J connectivity index is 2.12. The first-order valence-corrected chi connectivity index (χ1v) is 6.74. The van der Waals surface area contributed by atoms with Crippen LogP contribution in [-0.4, -0.2) is 9.78 Å². The van der Waals surface area contributed by atoms with Gasteiger partial charge in [0.05, 0.1) is 11.4 Å². The fraction of sp³-hybridized carbons (Fsp3) is 0.118. The molecule has 1 heterocycles. The zero-order valence-corrected chi connectivity index (χ0v) is 12.0. The number of anilines is 1. The van der Waals surface area contributed by atoms with Crippen molar-refractivity contribution in [1.82, 2.24) is 9.78 Å². The van der Waals surface area contributed by atoms with Gasteiger partial charge >= 0.3 is 0 Å². The summed E-state index contributed by atoms with van der Waals surface area (Å²) in [6.07, 6.45) is 0. The van der Waals surface area contributed by atoms with Gasteiger partial charge in [-0.1, -0.05) is 18.2 Å². The highest BCUT2D eigenvalue weighted by Gasteiger charge is 2.12. The third kappa shape index (κ3) is 2.52. The fourth-order valence-corrected chi connectivity index (χ4v) is 2.48. The van der Waals surface area contributed by atoms with Crippen molar-refractivity contribution in [3.05, 3.63) is 65.5 Å². The molecule has 21 heavy (non-hydrogen) atoms. The number of rotatable bonds is 2. The molecule has 0 saturated carbocycles. The van der Waals surface area contributed by atoms with E-state index in [2.05, 4.69) is 11.2 Å². The predicted octanol–water partition coefficient (Wildman–Crippen LogP) is 3.88. The Bertz CT molecular complexity index is 785. The first-order chi connectivity index (χ1) is 10.0. The van der Waals surface area contributed by atoms with E-state index in [0.717, 1.165) is 16.8 Å². The molecule has 4 heteroatoms. The lowest BCUT2D eigenvalue weighted by Gasteiger charge is -2.06. The number of hydrogen-bond donors (Lipinski definition) is 1. The molecule has 0 atom stereocenters. The minimum Gasteiger partial charge on any atom is -0.384 e. The summed E-state index contributed by atoms with van der Waals surface area (Å²) in [6, 6.07) is 14.3. The zero-order valence-electron chi connectivity index (χ0n) is 12.0. The van der Waals surface area contributed by atoms with Gasteiger partial charge in [0.2, 0.25) is 0 Å². The minimum atomic E-state index is -0.303. The lowest BCUT2D eigenvalue weighted by Crippen LogP contribution is -2.02. The molecule has 0 saturated heterocycles. The van der Waals surface area contributed by atoms with Crippen molar-refractivity contribution >= 4 is 5.82 Å². The first kappa shape index (κ1) is 13.4. The summed E-state index contributed by atoms with van der Waals surface area (Å²) in [6.45, 7) is 4.04. The van der Waals surface area contributed by atoms with Crippen LogP contribution >= 0.6 is 0 Å². The van der Waals surface area contributed by atoms with Gasteiger partial charge in [0.15, 0.2) is 0 Å². The number of halogens is 1. The standard InChI is InChI=1S/C17H16FN3/c1-11-7-12(2)9-13(8-11)21-17(19)10-16(20-21)14-5-3-4-6-15(14)18/h3-10H,19H2,1-2H3. The molecule has 1 aromatic heterocycles. The second kappa shape index (κ2) is 5.05. The largest absolute Gasteiger partial charge is 0.384 e. The van der Waals surface area contributed by atoms with Gasteiger partial charge in [-0.3, -0.25) is 0 Å². The molecule has 0 amide bonds. The van der Waals surface area contributed by atoms with Gasteiger partial charge in [-0.2, -0.15) is 5.10 Å². The summed E-state index contributed by atoms with van der Waals surface area (Å²) in [7, 11) is 0. The van der Waals surface area contributed by atoms with Crippen LogP contribution in [0.4, 0.5) is 10.2 Å². The topological polar surface area (TPSA) is 43.8 Å². The second-order valence-corrected chi connectivity index (χ2v) is 5.19. The van der Waals surface area contributed by atoms with E-state index in [9.17, 15) is 4.39 Å². The number of benzene rings is 2. The lowest BCUT2D eigenvalue weighted by molar-refractivity contribution is 0.630. The quantitative estimate of drug-likeness (QED) is 0.774. The molecule has 0 spiro atoms. The number of nitrogens with zero attached hydrogens (tertiary/aromatic N) is 2. The summed E-state index contributed by atoms with van der Waals surface area (Å²) in [5, 5.41) is 4.44. The van der Waals surface area contributed by atoms with Gasteiger partial charge in [-0.15, -0.1) is 0 Å². The van der Waals surface area contributed by atoms with E-state index in [1.54, 1.807) is 28.9 Å². The Morgan fingerprint density at radius 2 is 1.67 bits per heavy atom. The minimum absolute atomic E-state index is 0.303. The molecule has 0 aliphatic rings. The number of nitrogen functional groups attached to an aromatic ring is 1. The molecule has 2 N–H and O–H groups in total. The fourth-order valence-electron chi connectivity index (χ4n) is 2.48. The van der Waals surface area contributed by atoms with Crippen LogP contribution in [-0.2, 0) is 0 Å². The van der Waals surface area contributed by atoms with Gasteiger partial charge in [0, 0.05) is 11.6 Å². The maximum Gasteiger partial charge on any atom is 0.132 e. The molecule has 0 bridgehead atoms. The summed E-state index contributed by atoms with van der Waals surface area (Å²) >= 11 is 0. The van der Waals surface area contributed by atoms with E-state index >= 15 is 0 Å². The molecule has 0 aliphatic heterocycles. The summed E-state index contributed by atoms with van der Waals surface area (Å²) in [4.78, 5) is 0. The predicted molar refractivity (Wildman–Crippen MR) is 82.8 cm³/mol. The molecule has 3 rings (SSSR count). The molecular formula is C17H16FN3. The third-order valence-corrected chi connectivity index (χ3v) is 3.34.